The van der Waals surface area contributed by atoms with Crippen molar-refractivity contribution in [3.05, 3.63) is 52.7 Å². The van der Waals surface area contributed by atoms with Crippen molar-refractivity contribution < 1.29 is 40.7 Å². The van der Waals surface area contributed by atoms with Gasteiger partial charge in [0, 0.05) is 30.3 Å². The van der Waals surface area contributed by atoms with Crippen LogP contribution in [0.3, 0.4) is 0 Å². The highest BCUT2D eigenvalue weighted by Gasteiger charge is 2.32. The van der Waals surface area contributed by atoms with Crippen LogP contribution in [0.4, 0.5) is 13.2 Å². The van der Waals surface area contributed by atoms with Crippen molar-refractivity contribution in [2.75, 3.05) is 12.4 Å². The Balaban J connectivity index is 2.29. The minimum atomic E-state index is -4.65. The van der Waals surface area contributed by atoms with Crippen LogP contribution >= 0.6 is 11.6 Å². The van der Waals surface area contributed by atoms with Gasteiger partial charge < -0.3 is 9.47 Å². The van der Waals surface area contributed by atoms with Gasteiger partial charge in [-0.2, -0.15) is 13.2 Å². The van der Waals surface area contributed by atoms with Gasteiger partial charge >= 0.3 is 6.18 Å². The molecule has 0 radical (unpaired) electrons. The van der Waals surface area contributed by atoms with Crippen LogP contribution in [0.1, 0.15) is 50.7 Å². The molecule has 0 spiro atoms. The minimum absolute atomic E-state index is 0.00402. The fraction of sp³-hybridized carbons (Fsp3) is 0.375. The summed E-state index contributed by atoms with van der Waals surface area (Å²) >= 11 is 5.94. The van der Waals surface area contributed by atoms with Crippen molar-refractivity contribution in [1.82, 2.24) is 9.71 Å². The van der Waals surface area contributed by atoms with Crippen molar-refractivity contribution in [1.29, 1.82) is 0 Å². The van der Waals surface area contributed by atoms with Crippen molar-refractivity contribution in [2.45, 2.75) is 45.7 Å². The zero-order chi connectivity index (χ0) is 27.6. The number of benzene rings is 1. The number of nitrogens with zero attached hydrogens (tertiary/aromatic N) is 1. The van der Waals surface area contributed by atoms with E-state index in [9.17, 15) is 31.2 Å². The second kappa shape index (κ2) is 13.4. The average molecular weight is 563 g/mol. The number of hydrogen-bond donors (Lipinski definition) is 1. The summed E-state index contributed by atoms with van der Waals surface area (Å²) in [6.45, 7) is 3.39. The number of pyridine rings is 1. The second-order valence-electron chi connectivity index (χ2n) is 7.94. The lowest BCUT2D eigenvalue weighted by molar-refractivity contribution is -0.137. The fourth-order valence-electron chi connectivity index (χ4n) is 2.85. The molecule has 1 N–H and O–H groups in total. The molecule has 0 aliphatic rings. The van der Waals surface area contributed by atoms with Gasteiger partial charge in [0.05, 0.1) is 17.9 Å². The van der Waals surface area contributed by atoms with E-state index in [-0.39, 0.29) is 47.5 Å². The van der Waals surface area contributed by atoms with Crippen molar-refractivity contribution >= 4 is 39.4 Å². The Morgan fingerprint density at radius 3 is 2.54 bits per heavy atom. The van der Waals surface area contributed by atoms with Gasteiger partial charge in [-0.3, -0.25) is 9.59 Å². The smallest absolute Gasteiger partial charge is 0.417 e. The normalized spacial score (nSPS) is 11.9. The molecule has 0 fully saturated rings. The average Bonchev–Trinajstić information content (AvgIpc) is 2.78. The highest BCUT2D eigenvalue weighted by atomic mass is 35.5. The van der Waals surface area contributed by atoms with Crippen LogP contribution in [0.25, 0.3) is 6.08 Å². The number of hydrogen-bond acceptors (Lipinski definition) is 7. The van der Waals surface area contributed by atoms with Crippen LogP contribution in [0, 0.1) is 0 Å². The Labute approximate surface area is 217 Å². The summed E-state index contributed by atoms with van der Waals surface area (Å²) in [6, 6.07) is 5.00. The quantitative estimate of drug-likeness (QED) is 0.251. The lowest BCUT2D eigenvalue weighted by Gasteiger charge is -2.13. The second-order valence-corrected chi connectivity index (χ2v) is 10.2. The first kappa shape index (κ1) is 30.1. The molecular formula is C24H26ClF3N2O6S. The molecule has 202 valence electrons. The fourth-order valence-corrected chi connectivity index (χ4v) is 4.11. The topological polar surface area (TPSA) is 112 Å². The van der Waals surface area contributed by atoms with E-state index in [0.29, 0.717) is 25.1 Å². The number of nitrogens with one attached hydrogen (secondary N) is 1. The number of ether oxygens (including phenoxy) is 2. The van der Waals surface area contributed by atoms with Crippen molar-refractivity contribution in [3.8, 4) is 17.4 Å². The Bertz CT molecular complexity index is 1250. The predicted molar refractivity (Wildman–Crippen MR) is 132 cm³/mol. The molecule has 1 heterocycles. The van der Waals surface area contributed by atoms with Gasteiger partial charge in [0.25, 0.3) is 5.91 Å². The van der Waals surface area contributed by atoms with Gasteiger partial charge in [0.2, 0.25) is 15.9 Å². The molecule has 1 amide bonds. The van der Waals surface area contributed by atoms with Crippen LogP contribution in [0.2, 0.25) is 5.02 Å². The SMILES string of the molecule is CCCCCS(=O)(=O)NC(=O)/C=C/c1ccc(OCCC(C)=O)cc1Oc1ncc(C(F)(F)F)cc1Cl. The number of rotatable bonds is 13. The molecule has 37 heavy (non-hydrogen) atoms. The van der Waals surface area contributed by atoms with Gasteiger partial charge in [-0.05, 0) is 37.6 Å². The number of halogens is 4. The van der Waals surface area contributed by atoms with Crippen molar-refractivity contribution in [3.63, 3.8) is 0 Å². The zero-order valence-corrected chi connectivity index (χ0v) is 21.7. The number of unbranched alkanes of at least 4 members (excludes halogenated alkanes) is 2. The van der Waals surface area contributed by atoms with E-state index in [1.54, 1.807) is 0 Å². The summed E-state index contributed by atoms with van der Waals surface area (Å²) in [6.07, 6.45) is 0.203. The maximum atomic E-state index is 12.9. The van der Waals surface area contributed by atoms with E-state index < -0.39 is 32.7 Å². The molecule has 0 bridgehead atoms. The number of aromatic nitrogens is 1. The van der Waals surface area contributed by atoms with Crippen LogP contribution in [-0.4, -0.2) is 37.5 Å². The van der Waals surface area contributed by atoms with Crippen LogP contribution < -0.4 is 14.2 Å². The molecule has 0 saturated carbocycles. The number of alkyl halides is 3. The highest BCUT2D eigenvalue weighted by Crippen LogP contribution is 2.36. The van der Waals surface area contributed by atoms with E-state index in [2.05, 4.69) is 4.98 Å². The minimum Gasteiger partial charge on any atom is -0.493 e. The van der Waals surface area contributed by atoms with E-state index in [1.165, 1.54) is 31.2 Å². The number of Topliss-reactive ketones (excluding diaryl/α,β-unsaturated/α-hetero) is 1. The standard InChI is InChI=1S/C24H26ClF3N2O6S/c1-3-4-5-12-37(33,34)30-22(32)9-7-17-6-8-19(35-11-10-16(2)31)14-21(17)36-23-20(25)13-18(15-29-23)24(26,27)28/h6-9,13-15H,3-5,10-12H2,1-2H3,(H,30,32)/b9-7+. The lowest BCUT2D eigenvalue weighted by Crippen LogP contribution is -2.31. The maximum Gasteiger partial charge on any atom is 0.417 e. The van der Waals surface area contributed by atoms with Gasteiger partial charge in [-0.1, -0.05) is 31.4 Å². The number of amides is 1. The molecule has 1 aromatic heterocycles. The first-order chi connectivity index (χ1) is 17.3. The monoisotopic (exact) mass is 562 g/mol. The van der Waals surface area contributed by atoms with Gasteiger partial charge in [-0.25, -0.2) is 18.1 Å². The molecule has 2 rings (SSSR count). The third-order valence-corrected chi connectivity index (χ3v) is 6.35. The summed E-state index contributed by atoms with van der Waals surface area (Å²) in [5.74, 6) is -1.25. The molecule has 0 saturated heterocycles. The largest absolute Gasteiger partial charge is 0.493 e. The number of carbonyl (C=O) groups is 2. The first-order valence-electron chi connectivity index (χ1n) is 11.2. The molecule has 8 nitrogen and oxygen atoms in total. The third-order valence-electron chi connectivity index (χ3n) is 4.74. The molecule has 0 aliphatic heterocycles. The van der Waals surface area contributed by atoms with Crippen molar-refractivity contribution in [2.24, 2.45) is 0 Å². The summed E-state index contributed by atoms with van der Waals surface area (Å²) in [5.41, 5.74) is -0.821. The summed E-state index contributed by atoms with van der Waals surface area (Å²) in [5, 5.41) is -0.413. The summed E-state index contributed by atoms with van der Waals surface area (Å²) in [4.78, 5) is 27.0. The highest BCUT2D eigenvalue weighted by molar-refractivity contribution is 7.90. The number of carbonyl (C=O) groups excluding carboxylic acids is 2. The Morgan fingerprint density at radius 2 is 1.92 bits per heavy atom. The summed E-state index contributed by atoms with van der Waals surface area (Å²) < 4.78 is 75.9. The van der Waals surface area contributed by atoms with Gasteiger partial charge in [-0.15, -0.1) is 0 Å². The first-order valence-corrected chi connectivity index (χ1v) is 13.2. The van der Waals surface area contributed by atoms with Gasteiger partial charge in [0.15, 0.2) is 0 Å². The van der Waals surface area contributed by atoms with Crippen LogP contribution in [0.5, 0.6) is 17.4 Å². The summed E-state index contributed by atoms with van der Waals surface area (Å²) in [7, 11) is -3.81. The molecule has 13 heteroatoms. The Hall–Kier alpha value is -3.12. The number of ketones is 1. The zero-order valence-electron chi connectivity index (χ0n) is 20.1. The molecule has 2 aromatic rings. The third kappa shape index (κ3) is 10.4. The van der Waals surface area contributed by atoms with E-state index in [4.69, 9.17) is 21.1 Å². The van der Waals surface area contributed by atoms with Crippen LogP contribution in [0.15, 0.2) is 36.5 Å². The molecule has 1 aromatic carbocycles. The Morgan fingerprint density at radius 1 is 1.19 bits per heavy atom. The predicted octanol–water partition coefficient (Wildman–Crippen LogP) is 5.55. The molecule has 0 unspecified atom stereocenters. The molecule has 0 aliphatic carbocycles. The lowest BCUT2D eigenvalue weighted by atomic mass is 10.1. The van der Waals surface area contributed by atoms with Gasteiger partial charge in [0.1, 0.15) is 22.3 Å². The van der Waals surface area contributed by atoms with Crippen LogP contribution in [-0.2, 0) is 25.8 Å². The molecular weight excluding hydrogens is 537 g/mol. The van der Waals surface area contributed by atoms with E-state index in [0.717, 1.165) is 12.5 Å². The van der Waals surface area contributed by atoms with E-state index >= 15 is 0 Å². The number of sulfonamides is 1. The van der Waals surface area contributed by atoms with E-state index in [1.807, 2.05) is 11.6 Å². The molecule has 0 atom stereocenters. The Kier molecular flexibility index (Phi) is 10.9. The maximum absolute atomic E-state index is 12.9.